The summed E-state index contributed by atoms with van der Waals surface area (Å²) in [7, 11) is -10.2. The molecule has 12 atom stereocenters. The number of benzene rings is 2. The number of aliphatic carboxylic acids is 2. The van der Waals surface area contributed by atoms with Crippen molar-refractivity contribution in [1.82, 2.24) is 58.1 Å². The minimum Gasteiger partial charge on any atom is -0.481 e. The SMILES string of the molecule is CC(C)C[C@H](NC(=O)[C@H](Cc1ccccc1)NC(=O)[C@@H](N)CO)C(=O)N[C@@H](CCC(N)=O)C(=O)N[C@@H](CCCNC(N)N)C(=O)N[C@@H](Cc1ccc(O[P+](O)(O)O)cc1)C(=O)N[C@@H](CO[P+](O)(O)O)C(=O)N[C@@H](CO)C(=O)N[C@@H](CC(=O)O)C(=O)N1CCC[C@H]1C(=O)N[C@H](C(=O)O)[C@@H](C)O. The zero-order valence-electron chi connectivity index (χ0n) is 54.6. The molecule has 0 unspecified atom stereocenters. The number of nitrogens with one attached hydrogen (secondary N) is 10. The van der Waals surface area contributed by atoms with Crippen molar-refractivity contribution in [2.75, 3.05) is 32.9 Å². The van der Waals surface area contributed by atoms with E-state index in [-0.39, 0.29) is 68.8 Å². The van der Waals surface area contributed by atoms with Gasteiger partial charge in [-0.25, -0.2) is 4.79 Å². The van der Waals surface area contributed by atoms with Crippen LogP contribution in [0, 0.1) is 5.92 Å². The summed E-state index contributed by atoms with van der Waals surface area (Å²) in [6, 6.07) is -6.85. The number of hydrogen-bond donors (Lipinski definition) is 25. The number of carbonyl (C=O) groups is 13. The quantitative estimate of drug-likeness (QED) is 0.0166. The maximum absolute atomic E-state index is 14.8. The number of carboxylic acid groups (broad SMARTS) is 2. The first-order valence-electron chi connectivity index (χ1n) is 31.0. The van der Waals surface area contributed by atoms with Crippen LogP contribution in [-0.2, 0) is 79.7 Å². The summed E-state index contributed by atoms with van der Waals surface area (Å²) in [5.74, 6) is -17.0. The van der Waals surface area contributed by atoms with Crippen LogP contribution in [-0.4, -0.2) is 248 Å². The Hall–Kier alpha value is -8.35. The number of primary amides is 1. The molecule has 0 aliphatic carbocycles. The van der Waals surface area contributed by atoms with Crippen molar-refractivity contribution in [3.63, 3.8) is 0 Å². The van der Waals surface area contributed by atoms with Gasteiger partial charge in [0.25, 0.3) is 0 Å². The number of carbonyl (C=O) groups excluding carboxylic acids is 11. The summed E-state index contributed by atoms with van der Waals surface area (Å²) in [5.41, 5.74) is 23.1. The van der Waals surface area contributed by atoms with Crippen molar-refractivity contribution in [2.45, 2.75) is 164 Å². The molecule has 0 radical (unpaired) electrons. The Balaban J connectivity index is 2.08. The number of aliphatic hydroxyl groups is 3. The van der Waals surface area contributed by atoms with Gasteiger partial charge in [-0.05, 0) is 81.2 Å². The predicted molar refractivity (Wildman–Crippen MR) is 347 cm³/mol. The van der Waals surface area contributed by atoms with Gasteiger partial charge < -0.3 is 101 Å². The highest BCUT2D eigenvalue weighted by molar-refractivity contribution is 7.53. The molecule has 0 spiro atoms. The maximum atomic E-state index is 14.8. The molecule has 2 aromatic rings. The average molecular weight is 1460 g/mol. The lowest BCUT2D eigenvalue weighted by Crippen LogP contribution is -2.62. The Bertz CT molecular complexity index is 3110. The normalized spacial score (nSPS) is 16.4. The van der Waals surface area contributed by atoms with Crippen molar-refractivity contribution >= 4 is 93.3 Å². The van der Waals surface area contributed by atoms with E-state index in [9.17, 15) is 117 Å². The van der Waals surface area contributed by atoms with E-state index in [4.69, 9.17) is 27.5 Å². The molecule has 2 aromatic carbocycles. The lowest BCUT2D eigenvalue weighted by Gasteiger charge is -2.30. The zero-order chi connectivity index (χ0) is 75.4. The fraction of sp³-hybridized carbons (Fsp3) is 0.561. The van der Waals surface area contributed by atoms with E-state index < -0.39 is 218 Å². The molecule has 1 aliphatic heterocycles. The number of hydrogen-bond acceptors (Lipinski definition) is 28. The number of carboxylic acids is 2. The van der Waals surface area contributed by atoms with Gasteiger partial charge in [-0.15, -0.1) is 0 Å². The van der Waals surface area contributed by atoms with E-state index in [0.29, 0.717) is 5.56 Å². The van der Waals surface area contributed by atoms with Crippen molar-refractivity contribution < 1.29 is 126 Å². The molecule has 1 saturated heterocycles. The fourth-order valence-electron chi connectivity index (χ4n) is 9.77. The number of aliphatic hydroxyl groups excluding tert-OH is 3. The van der Waals surface area contributed by atoms with E-state index in [1.165, 1.54) is 12.1 Å². The lowest BCUT2D eigenvalue weighted by molar-refractivity contribution is -0.148. The Kier molecular flexibility index (Phi) is 35.6. The molecular weight excluding hydrogens is 1370 g/mol. The standard InChI is InChI=1S/C57H89N15O26P2/c1-28(2)21-36(66-50(83)37(65-46(79)33(58)25-73)22-30-9-5-4-6-10-30)49(82)64-35(17-18-43(59)76)48(81)63-34(11-7-19-62-57(60)61)47(80)67-38(23-31-13-15-32(16-14-31)98-100(94,95)96)51(84)70-41(27-97-99(91,92)93)53(86)69-40(26-74)52(85)68-39(24-44(77)78)55(88)72-20-8-12-42(72)54(87)71-45(29(3)75)56(89)90/h4-6,9-10,13-16,28-29,33-42,45,57,62,73-75,91-96H,7-8,11-12,17-27,58,60-61H2,1-3H3,(H11-2,59,63,64,65,66,67,68,69,70,71,76,77,78,79,80,81,82,83,84,85,86,87,89,90)/p+2/t29-,33+,34+,35+,36+,37+,38+,39+,40+,41+,42+,45+/m1/s1. The van der Waals surface area contributed by atoms with Crippen LogP contribution in [0.5, 0.6) is 5.75 Å². The Morgan fingerprint density at radius 1 is 0.580 bits per heavy atom. The van der Waals surface area contributed by atoms with Crippen molar-refractivity contribution in [1.29, 1.82) is 0 Å². The smallest absolute Gasteiger partial charge is 0.481 e. The third-order valence-corrected chi connectivity index (χ3v) is 15.7. The largest absolute Gasteiger partial charge is 0.613 e. The van der Waals surface area contributed by atoms with Crippen LogP contribution in [0.1, 0.15) is 83.3 Å². The van der Waals surface area contributed by atoms with Crippen LogP contribution >= 0.6 is 16.3 Å². The van der Waals surface area contributed by atoms with E-state index >= 15 is 0 Å². The monoisotopic (exact) mass is 1460 g/mol. The Morgan fingerprint density at radius 2 is 1.06 bits per heavy atom. The maximum Gasteiger partial charge on any atom is 0.613 e. The predicted octanol–water partition coefficient (Wildman–Crippen LogP) is -9.34. The molecule has 41 nitrogen and oxygen atoms in total. The molecule has 0 bridgehead atoms. The van der Waals surface area contributed by atoms with Gasteiger partial charge in [0.1, 0.15) is 73.3 Å². The van der Waals surface area contributed by atoms with Crippen LogP contribution in [0.15, 0.2) is 54.6 Å². The zero-order valence-corrected chi connectivity index (χ0v) is 56.4. The first-order valence-corrected chi connectivity index (χ1v) is 34.1. The Morgan fingerprint density at radius 3 is 1.56 bits per heavy atom. The van der Waals surface area contributed by atoms with Crippen molar-refractivity contribution in [3.8, 4) is 5.75 Å². The molecule has 558 valence electrons. The highest BCUT2D eigenvalue weighted by Gasteiger charge is 2.43. The summed E-state index contributed by atoms with van der Waals surface area (Å²) in [6.07, 6.45) is -6.31. The van der Waals surface area contributed by atoms with Crippen molar-refractivity contribution in [2.24, 2.45) is 28.9 Å². The summed E-state index contributed by atoms with van der Waals surface area (Å²) in [6.45, 7) is 0.596. The topological polar surface area (TPSA) is 691 Å². The number of amides is 11. The van der Waals surface area contributed by atoms with E-state index in [2.05, 4.69) is 47.1 Å². The number of nitrogens with two attached hydrogens (primary N) is 4. The molecule has 11 amide bonds. The second kappa shape index (κ2) is 41.4. The first kappa shape index (κ1) is 85.9. The van der Waals surface area contributed by atoms with Gasteiger partial charge in [0.15, 0.2) is 11.8 Å². The molecule has 0 saturated carbocycles. The van der Waals surface area contributed by atoms with Gasteiger partial charge in [0, 0.05) is 25.8 Å². The lowest BCUT2D eigenvalue weighted by atomic mass is 10.00. The third kappa shape index (κ3) is 31.0. The number of nitrogens with zero attached hydrogens (tertiary/aromatic N) is 1. The molecule has 100 heavy (non-hydrogen) atoms. The summed E-state index contributed by atoms with van der Waals surface area (Å²) < 4.78 is 9.36. The number of rotatable bonds is 44. The van der Waals surface area contributed by atoms with Crippen LogP contribution in [0.3, 0.4) is 0 Å². The highest BCUT2D eigenvalue weighted by Crippen LogP contribution is 2.46. The second-order valence-electron chi connectivity index (χ2n) is 23.5. The van der Waals surface area contributed by atoms with Gasteiger partial charge in [0.2, 0.25) is 65.0 Å². The van der Waals surface area contributed by atoms with Crippen LogP contribution in [0.2, 0.25) is 0 Å². The molecule has 1 fully saturated rings. The van der Waals surface area contributed by atoms with Crippen LogP contribution in [0.25, 0.3) is 0 Å². The fourth-order valence-corrected chi connectivity index (χ4v) is 10.5. The summed E-state index contributed by atoms with van der Waals surface area (Å²) in [5, 5.41) is 72.4. The first-order chi connectivity index (χ1) is 46.7. The Labute approximate surface area is 572 Å². The molecule has 43 heteroatoms. The van der Waals surface area contributed by atoms with E-state index in [1.807, 2.05) is 10.6 Å². The third-order valence-electron chi connectivity index (χ3n) is 14.7. The summed E-state index contributed by atoms with van der Waals surface area (Å²) >= 11 is 0. The van der Waals surface area contributed by atoms with Crippen LogP contribution < -0.4 is 80.6 Å². The molecule has 29 N–H and O–H groups in total. The minimum absolute atomic E-state index is 0.0462. The average Bonchev–Trinajstić information content (AvgIpc) is 1.58. The van der Waals surface area contributed by atoms with E-state index in [1.54, 1.807) is 44.2 Å². The van der Waals surface area contributed by atoms with Gasteiger partial charge in [-0.2, -0.15) is 33.9 Å². The molecule has 3 rings (SSSR count). The second-order valence-corrected chi connectivity index (χ2v) is 26.0. The van der Waals surface area contributed by atoms with Crippen molar-refractivity contribution in [3.05, 3.63) is 65.7 Å². The van der Waals surface area contributed by atoms with E-state index in [0.717, 1.165) is 24.0 Å². The summed E-state index contributed by atoms with van der Waals surface area (Å²) in [4.78, 5) is 235. The molecule has 1 aliphatic rings. The molecule has 1 heterocycles. The van der Waals surface area contributed by atoms with Gasteiger partial charge in [-0.3, -0.25) is 67.4 Å². The van der Waals surface area contributed by atoms with Crippen LogP contribution in [0.4, 0.5) is 0 Å². The minimum atomic E-state index is -5.35. The van der Waals surface area contributed by atoms with Gasteiger partial charge in [0.05, 0.1) is 25.7 Å². The molecular formula is C57H91N15O26P2+2. The number of likely N-dealkylation sites (tertiary alicyclic amines) is 1. The van der Waals surface area contributed by atoms with Gasteiger partial charge in [-0.1, -0.05) is 56.3 Å². The van der Waals surface area contributed by atoms with Gasteiger partial charge >= 0.3 is 28.3 Å². The highest BCUT2D eigenvalue weighted by atomic mass is 31.2. The molecule has 0 aromatic heterocycles.